The molecule has 0 saturated carbocycles. The first-order valence-corrected chi connectivity index (χ1v) is 9.95. The summed E-state index contributed by atoms with van der Waals surface area (Å²) in [5.74, 6) is -3.59. The maximum absolute atomic E-state index is 14.3. The molecule has 0 bridgehead atoms. The maximum atomic E-state index is 14.3. The Morgan fingerprint density at radius 2 is 1.78 bits per heavy atom. The summed E-state index contributed by atoms with van der Waals surface area (Å²) in [7, 11) is 1.17. The number of H-pyrrole nitrogens is 1. The summed E-state index contributed by atoms with van der Waals surface area (Å²) in [5, 5.41) is 0.0124. The van der Waals surface area contributed by atoms with Crippen LogP contribution in [0.1, 0.15) is 20.7 Å². The maximum Gasteiger partial charge on any atom is 0.330 e. The second-order valence-corrected chi connectivity index (χ2v) is 7.35. The Labute approximate surface area is 182 Å². The van der Waals surface area contributed by atoms with Gasteiger partial charge in [0.2, 0.25) is 0 Å². The monoisotopic (exact) mass is 437 g/mol. The SMILES string of the molecule is COC(=O)[C@@H]1CN(C(=O)c2ccccc2)CCN1C(=O)C(=O)c1c[nH]c2cccc(F)c12. The minimum atomic E-state index is -1.16. The zero-order valence-electron chi connectivity index (χ0n) is 17.2. The van der Waals surface area contributed by atoms with Crippen molar-refractivity contribution in [2.24, 2.45) is 0 Å². The molecule has 0 radical (unpaired) electrons. The molecule has 8 nitrogen and oxygen atoms in total. The van der Waals surface area contributed by atoms with Crippen molar-refractivity contribution in [2.75, 3.05) is 26.7 Å². The Kier molecular flexibility index (Phi) is 5.72. The third-order valence-corrected chi connectivity index (χ3v) is 5.52. The third-order valence-electron chi connectivity index (χ3n) is 5.52. The third kappa shape index (κ3) is 3.73. The average molecular weight is 437 g/mol. The standard InChI is InChI=1S/C23H20FN3O5/c1-32-23(31)18-13-26(21(29)14-6-3-2-4-7-14)10-11-27(18)22(30)20(28)15-12-25-17-9-5-8-16(24)19(15)17/h2-9,12,18,25H,10-11,13H2,1H3/t18-/m0/s1. The number of rotatable bonds is 4. The summed E-state index contributed by atoms with van der Waals surface area (Å²) in [6, 6.07) is 11.7. The van der Waals surface area contributed by atoms with Crippen molar-refractivity contribution in [1.82, 2.24) is 14.8 Å². The molecule has 2 aromatic carbocycles. The molecule has 1 atom stereocenters. The number of carbonyl (C=O) groups is 4. The molecule has 2 heterocycles. The lowest BCUT2D eigenvalue weighted by molar-refractivity contribution is -0.153. The first kappa shape index (κ1) is 21.2. The van der Waals surface area contributed by atoms with Gasteiger partial charge < -0.3 is 19.5 Å². The number of ketones is 1. The predicted octanol–water partition coefficient (Wildman–Crippen LogP) is 2.02. The first-order chi connectivity index (χ1) is 15.4. The number of nitrogens with zero attached hydrogens (tertiary/aromatic N) is 2. The molecule has 1 saturated heterocycles. The molecule has 0 spiro atoms. The van der Waals surface area contributed by atoms with E-state index >= 15 is 0 Å². The minimum Gasteiger partial charge on any atom is -0.467 e. The van der Waals surface area contributed by atoms with Crippen LogP contribution in [0.3, 0.4) is 0 Å². The number of amides is 2. The number of esters is 1. The van der Waals surface area contributed by atoms with Gasteiger partial charge in [-0.2, -0.15) is 0 Å². The van der Waals surface area contributed by atoms with Crippen molar-refractivity contribution < 1.29 is 28.3 Å². The van der Waals surface area contributed by atoms with Gasteiger partial charge in [0.15, 0.2) is 0 Å². The number of Topliss-reactive ketones (excluding diaryl/α,β-unsaturated/α-hetero) is 1. The zero-order chi connectivity index (χ0) is 22.8. The fourth-order valence-electron chi connectivity index (χ4n) is 3.88. The van der Waals surface area contributed by atoms with Crippen LogP contribution in [-0.4, -0.2) is 71.1 Å². The van der Waals surface area contributed by atoms with Gasteiger partial charge in [-0.1, -0.05) is 24.3 Å². The highest BCUT2D eigenvalue weighted by molar-refractivity contribution is 6.45. The number of aromatic nitrogens is 1. The van der Waals surface area contributed by atoms with Gasteiger partial charge in [0.1, 0.15) is 11.9 Å². The highest BCUT2D eigenvalue weighted by Gasteiger charge is 2.40. The number of hydrogen-bond donors (Lipinski definition) is 1. The molecule has 1 N–H and O–H groups in total. The minimum absolute atomic E-state index is 0.0124. The Morgan fingerprint density at radius 1 is 1.03 bits per heavy atom. The molecule has 0 unspecified atom stereocenters. The number of halogens is 1. The zero-order valence-corrected chi connectivity index (χ0v) is 17.2. The highest BCUT2D eigenvalue weighted by Crippen LogP contribution is 2.24. The predicted molar refractivity (Wildman–Crippen MR) is 112 cm³/mol. The van der Waals surface area contributed by atoms with E-state index in [2.05, 4.69) is 4.98 Å². The summed E-state index contributed by atoms with van der Waals surface area (Å²) < 4.78 is 19.1. The Hall–Kier alpha value is -4.01. The lowest BCUT2D eigenvalue weighted by atomic mass is 10.0. The summed E-state index contributed by atoms with van der Waals surface area (Å²) >= 11 is 0. The van der Waals surface area contributed by atoms with E-state index in [4.69, 9.17) is 4.74 Å². The number of benzene rings is 2. The van der Waals surface area contributed by atoms with E-state index < -0.39 is 29.5 Å². The lowest BCUT2D eigenvalue weighted by Gasteiger charge is -2.39. The number of piperazine rings is 1. The number of aromatic amines is 1. The molecule has 1 fully saturated rings. The van der Waals surface area contributed by atoms with Crippen LogP contribution in [0.4, 0.5) is 4.39 Å². The van der Waals surface area contributed by atoms with Gasteiger partial charge in [-0.25, -0.2) is 9.18 Å². The topological polar surface area (TPSA) is 99.8 Å². The number of carbonyl (C=O) groups excluding carboxylic acids is 4. The van der Waals surface area contributed by atoms with Crippen LogP contribution in [-0.2, 0) is 14.3 Å². The molecule has 0 aliphatic carbocycles. The van der Waals surface area contributed by atoms with E-state index in [-0.39, 0.29) is 36.5 Å². The second kappa shape index (κ2) is 8.62. The van der Waals surface area contributed by atoms with E-state index in [9.17, 15) is 23.6 Å². The van der Waals surface area contributed by atoms with Gasteiger partial charge in [0.25, 0.3) is 17.6 Å². The summed E-state index contributed by atoms with van der Waals surface area (Å²) in [4.78, 5) is 56.5. The fraction of sp³-hybridized carbons (Fsp3) is 0.217. The highest BCUT2D eigenvalue weighted by atomic mass is 19.1. The van der Waals surface area contributed by atoms with E-state index in [1.807, 2.05) is 0 Å². The van der Waals surface area contributed by atoms with Crippen molar-refractivity contribution in [2.45, 2.75) is 6.04 Å². The van der Waals surface area contributed by atoms with Crippen molar-refractivity contribution in [3.05, 3.63) is 71.7 Å². The molecular weight excluding hydrogens is 417 g/mol. The Bertz CT molecular complexity index is 1210. The smallest absolute Gasteiger partial charge is 0.330 e. The lowest BCUT2D eigenvalue weighted by Crippen LogP contribution is -2.60. The molecule has 9 heteroatoms. The number of nitrogens with one attached hydrogen (secondary N) is 1. The van der Waals surface area contributed by atoms with Gasteiger partial charge >= 0.3 is 5.97 Å². The number of fused-ring (bicyclic) bond motifs is 1. The summed E-state index contributed by atoms with van der Waals surface area (Å²) in [5.41, 5.74) is 0.708. The first-order valence-electron chi connectivity index (χ1n) is 9.95. The molecule has 1 aliphatic heterocycles. The number of ether oxygens (including phenoxy) is 1. The van der Waals surface area contributed by atoms with Gasteiger partial charge in [0.05, 0.1) is 19.2 Å². The molecule has 1 aromatic heterocycles. The molecule has 164 valence electrons. The fourth-order valence-corrected chi connectivity index (χ4v) is 3.88. The second-order valence-electron chi connectivity index (χ2n) is 7.35. The largest absolute Gasteiger partial charge is 0.467 e. The van der Waals surface area contributed by atoms with E-state index in [1.165, 1.54) is 30.3 Å². The number of hydrogen-bond acceptors (Lipinski definition) is 5. The molecular formula is C23H20FN3O5. The van der Waals surface area contributed by atoms with Gasteiger partial charge in [-0.15, -0.1) is 0 Å². The van der Waals surface area contributed by atoms with Gasteiger partial charge in [-0.3, -0.25) is 14.4 Å². The summed E-state index contributed by atoms with van der Waals surface area (Å²) in [6.45, 7) is -0.0437. The van der Waals surface area contributed by atoms with Gasteiger partial charge in [-0.05, 0) is 24.3 Å². The van der Waals surface area contributed by atoms with Crippen molar-refractivity contribution in [1.29, 1.82) is 0 Å². The van der Waals surface area contributed by atoms with Crippen LogP contribution in [0, 0.1) is 5.82 Å². The van der Waals surface area contributed by atoms with Crippen LogP contribution >= 0.6 is 0 Å². The van der Waals surface area contributed by atoms with E-state index in [1.54, 1.807) is 36.4 Å². The number of methoxy groups -OCH3 is 1. The van der Waals surface area contributed by atoms with Crippen molar-refractivity contribution in [3.63, 3.8) is 0 Å². The van der Waals surface area contributed by atoms with Crippen molar-refractivity contribution in [3.8, 4) is 0 Å². The molecule has 3 aromatic rings. The average Bonchev–Trinajstić information content (AvgIpc) is 3.28. The van der Waals surface area contributed by atoms with Crippen LogP contribution < -0.4 is 0 Å². The molecule has 32 heavy (non-hydrogen) atoms. The Balaban J connectivity index is 1.59. The molecule has 4 rings (SSSR count). The van der Waals surface area contributed by atoms with Crippen LogP contribution in [0.2, 0.25) is 0 Å². The Morgan fingerprint density at radius 3 is 2.50 bits per heavy atom. The van der Waals surface area contributed by atoms with Crippen molar-refractivity contribution >= 4 is 34.5 Å². The quantitative estimate of drug-likeness (QED) is 0.382. The van der Waals surface area contributed by atoms with E-state index in [0.29, 0.717) is 11.1 Å². The molecule has 2 amide bonds. The van der Waals surface area contributed by atoms with Gasteiger partial charge in [0, 0.05) is 35.8 Å². The van der Waals surface area contributed by atoms with Crippen LogP contribution in [0.15, 0.2) is 54.7 Å². The van der Waals surface area contributed by atoms with E-state index in [0.717, 1.165) is 4.90 Å². The molecule has 1 aliphatic rings. The van der Waals surface area contributed by atoms with Crippen LogP contribution in [0.25, 0.3) is 10.9 Å². The summed E-state index contributed by atoms with van der Waals surface area (Å²) in [6.07, 6.45) is 1.27. The van der Waals surface area contributed by atoms with Crippen LogP contribution in [0.5, 0.6) is 0 Å². The normalized spacial score (nSPS) is 16.1.